The van der Waals surface area contributed by atoms with Gasteiger partial charge in [0.25, 0.3) is 0 Å². The van der Waals surface area contributed by atoms with Gasteiger partial charge in [0.2, 0.25) is 5.91 Å². The summed E-state index contributed by atoms with van der Waals surface area (Å²) in [6, 6.07) is -1.28. The first kappa shape index (κ1) is 17.4. The highest BCUT2D eigenvalue weighted by Crippen LogP contribution is 2.37. The number of hydrogen-bond acceptors (Lipinski definition) is 2. The van der Waals surface area contributed by atoms with Gasteiger partial charge in [-0.1, -0.05) is 6.42 Å². The average Bonchev–Trinajstić information content (AvgIpc) is 2.69. The Kier molecular flexibility index (Phi) is 4.93. The van der Waals surface area contributed by atoms with Crippen molar-refractivity contribution in [1.29, 1.82) is 0 Å². The fourth-order valence-electron chi connectivity index (χ4n) is 3.19. The third-order valence-electron chi connectivity index (χ3n) is 4.24. The molecular formula is C13H18F6N2O. The van der Waals surface area contributed by atoms with Crippen molar-refractivity contribution in [3.8, 4) is 0 Å². The van der Waals surface area contributed by atoms with Crippen molar-refractivity contribution in [1.82, 2.24) is 10.2 Å². The predicted octanol–water partition coefficient (Wildman–Crippen LogP) is 2.86. The summed E-state index contributed by atoms with van der Waals surface area (Å²) in [6.45, 7) is -1.33. The van der Waals surface area contributed by atoms with Crippen molar-refractivity contribution in [2.45, 2.75) is 56.5 Å². The first-order valence-electron chi connectivity index (χ1n) is 7.24. The zero-order valence-electron chi connectivity index (χ0n) is 11.8. The maximum atomic E-state index is 12.7. The summed E-state index contributed by atoms with van der Waals surface area (Å²) in [6.07, 6.45) is -7.67. The summed E-state index contributed by atoms with van der Waals surface area (Å²) in [7, 11) is 0. The lowest BCUT2D eigenvalue weighted by Crippen LogP contribution is -2.47. The van der Waals surface area contributed by atoms with Gasteiger partial charge in [-0.05, 0) is 25.7 Å². The van der Waals surface area contributed by atoms with Gasteiger partial charge in [0.1, 0.15) is 6.54 Å². The van der Waals surface area contributed by atoms with Gasteiger partial charge >= 0.3 is 12.4 Å². The average molecular weight is 332 g/mol. The minimum absolute atomic E-state index is 0.0224. The van der Waals surface area contributed by atoms with Gasteiger partial charge in [-0.3, -0.25) is 4.79 Å². The molecule has 3 atom stereocenters. The molecule has 22 heavy (non-hydrogen) atoms. The Hall–Kier alpha value is -0.990. The van der Waals surface area contributed by atoms with Crippen LogP contribution in [0.5, 0.6) is 0 Å². The van der Waals surface area contributed by atoms with Crippen LogP contribution in [0.2, 0.25) is 0 Å². The molecule has 2 aliphatic rings. The highest BCUT2D eigenvalue weighted by atomic mass is 19.4. The van der Waals surface area contributed by atoms with Crippen molar-refractivity contribution in [2.75, 3.05) is 13.1 Å². The van der Waals surface area contributed by atoms with Gasteiger partial charge in [-0.2, -0.15) is 26.3 Å². The third kappa shape index (κ3) is 4.50. The van der Waals surface area contributed by atoms with E-state index in [1.165, 1.54) is 0 Å². The number of likely N-dealkylation sites (tertiary alicyclic amines) is 1. The lowest BCUT2D eigenvalue weighted by Gasteiger charge is -2.32. The van der Waals surface area contributed by atoms with Crippen LogP contribution in [0.15, 0.2) is 0 Å². The summed E-state index contributed by atoms with van der Waals surface area (Å²) in [5, 5.41) is 2.83. The highest BCUT2D eigenvalue weighted by Gasteiger charge is 2.44. The standard InChI is InChI=1S/C13H18F6N2O/c14-12(15,16)7-21-5-4-10(11(21)22)20-9-3-1-2-8(6-9)13(17,18)19/h8-10,20H,1-7H2/t8-,9+,10+/m0/s1. The van der Waals surface area contributed by atoms with Gasteiger partial charge in [0, 0.05) is 12.6 Å². The first-order valence-corrected chi connectivity index (χ1v) is 7.24. The van der Waals surface area contributed by atoms with Crippen LogP contribution in [0, 0.1) is 5.92 Å². The molecule has 1 aliphatic carbocycles. The predicted molar refractivity (Wildman–Crippen MR) is 66.0 cm³/mol. The molecule has 9 heteroatoms. The smallest absolute Gasteiger partial charge is 0.332 e. The fraction of sp³-hybridized carbons (Fsp3) is 0.923. The van der Waals surface area contributed by atoms with Crippen molar-refractivity contribution < 1.29 is 31.1 Å². The Balaban J connectivity index is 1.88. The molecule has 0 bridgehead atoms. The van der Waals surface area contributed by atoms with Gasteiger partial charge in [-0.25, -0.2) is 0 Å². The number of nitrogens with zero attached hydrogens (tertiary/aromatic N) is 1. The summed E-state index contributed by atoms with van der Waals surface area (Å²) in [5.41, 5.74) is 0. The van der Waals surface area contributed by atoms with Crippen LogP contribution in [0.4, 0.5) is 26.3 Å². The van der Waals surface area contributed by atoms with E-state index < -0.39 is 42.8 Å². The summed E-state index contributed by atoms with van der Waals surface area (Å²) >= 11 is 0. The number of nitrogens with one attached hydrogen (secondary N) is 1. The molecule has 128 valence electrons. The van der Waals surface area contributed by atoms with Crippen molar-refractivity contribution >= 4 is 5.91 Å². The topological polar surface area (TPSA) is 32.3 Å². The van der Waals surface area contributed by atoms with E-state index in [4.69, 9.17) is 0 Å². The maximum absolute atomic E-state index is 12.7. The van der Waals surface area contributed by atoms with Crippen LogP contribution in [0.25, 0.3) is 0 Å². The molecule has 1 heterocycles. The molecule has 2 fully saturated rings. The minimum atomic E-state index is -4.46. The first-order chi connectivity index (χ1) is 10.1. The summed E-state index contributed by atoms with van der Waals surface area (Å²) in [5.74, 6) is -2.08. The summed E-state index contributed by atoms with van der Waals surface area (Å²) in [4.78, 5) is 12.6. The molecule has 0 unspecified atom stereocenters. The molecule has 0 aromatic heterocycles. The number of hydrogen-bond donors (Lipinski definition) is 1. The summed E-state index contributed by atoms with van der Waals surface area (Å²) < 4.78 is 75.1. The number of rotatable bonds is 3. The Morgan fingerprint density at radius 3 is 2.36 bits per heavy atom. The van der Waals surface area contributed by atoms with Gasteiger partial charge < -0.3 is 10.2 Å². The van der Waals surface area contributed by atoms with Crippen LogP contribution < -0.4 is 5.32 Å². The monoisotopic (exact) mass is 332 g/mol. The molecule has 2 rings (SSSR count). The molecule has 3 nitrogen and oxygen atoms in total. The second-order valence-corrected chi connectivity index (χ2v) is 5.98. The number of alkyl halides is 6. The Bertz CT molecular complexity index is 408. The Morgan fingerprint density at radius 1 is 1.09 bits per heavy atom. The fourth-order valence-corrected chi connectivity index (χ4v) is 3.19. The van der Waals surface area contributed by atoms with E-state index in [0.717, 1.165) is 0 Å². The molecule has 0 radical (unpaired) electrons. The number of halogens is 6. The van der Waals surface area contributed by atoms with Crippen LogP contribution in [-0.2, 0) is 4.79 Å². The van der Waals surface area contributed by atoms with E-state index in [-0.39, 0.29) is 25.8 Å². The van der Waals surface area contributed by atoms with Crippen LogP contribution >= 0.6 is 0 Å². The second kappa shape index (κ2) is 6.25. The van der Waals surface area contributed by atoms with E-state index in [1.54, 1.807) is 0 Å². The lowest BCUT2D eigenvalue weighted by molar-refractivity contribution is -0.184. The maximum Gasteiger partial charge on any atom is 0.406 e. The molecule has 0 aromatic carbocycles. The second-order valence-electron chi connectivity index (χ2n) is 5.98. The van der Waals surface area contributed by atoms with E-state index in [9.17, 15) is 31.1 Å². The molecule has 1 saturated carbocycles. The molecule has 0 spiro atoms. The zero-order valence-corrected chi connectivity index (χ0v) is 11.8. The van der Waals surface area contributed by atoms with Crippen LogP contribution in [0.3, 0.4) is 0 Å². The molecular weight excluding hydrogens is 314 g/mol. The van der Waals surface area contributed by atoms with Crippen LogP contribution in [-0.4, -0.2) is 48.3 Å². The number of carbonyl (C=O) groups is 1. The third-order valence-corrected chi connectivity index (χ3v) is 4.24. The van der Waals surface area contributed by atoms with Gasteiger partial charge in [0.15, 0.2) is 0 Å². The SMILES string of the molecule is O=C1[C@H](N[C@@H]2CCC[C@H](C(F)(F)F)C2)CCN1CC(F)(F)F. The minimum Gasteiger partial charge on any atom is -0.332 e. The normalized spacial score (nSPS) is 30.9. The van der Waals surface area contributed by atoms with E-state index in [2.05, 4.69) is 5.32 Å². The quantitative estimate of drug-likeness (QED) is 0.806. The zero-order chi connectivity index (χ0) is 16.5. The largest absolute Gasteiger partial charge is 0.406 e. The number of carbonyl (C=O) groups excluding carboxylic acids is 1. The highest BCUT2D eigenvalue weighted by molar-refractivity contribution is 5.84. The van der Waals surface area contributed by atoms with Crippen molar-refractivity contribution in [3.63, 3.8) is 0 Å². The van der Waals surface area contributed by atoms with Crippen molar-refractivity contribution in [2.24, 2.45) is 5.92 Å². The Labute approximate surface area is 124 Å². The van der Waals surface area contributed by atoms with E-state index >= 15 is 0 Å². The molecule has 1 N–H and O–H groups in total. The molecule has 1 saturated heterocycles. The molecule has 1 aliphatic heterocycles. The number of amides is 1. The van der Waals surface area contributed by atoms with Gasteiger partial charge in [0.05, 0.1) is 12.0 Å². The van der Waals surface area contributed by atoms with Gasteiger partial charge in [-0.15, -0.1) is 0 Å². The van der Waals surface area contributed by atoms with Crippen molar-refractivity contribution in [3.05, 3.63) is 0 Å². The molecule has 0 aromatic rings. The lowest BCUT2D eigenvalue weighted by atomic mass is 9.85. The van der Waals surface area contributed by atoms with E-state index in [0.29, 0.717) is 17.7 Å². The van der Waals surface area contributed by atoms with Crippen LogP contribution in [0.1, 0.15) is 32.1 Å². The van der Waals surface area contributed by atoms with E-state index in [1.807, 2.05) is 0 Å². The molecule has 1 amide bonds. The Morgan fingerprint density at radius 2 is 1.77 bits per heavy atom.